The molecule has 26 heavy (non-hydrogen) atoms. The van der Waals surface area contributed by atoms with Crippen LogP contribution in [0.15, 0.2) is 0 Å². The van der Waals surface area contributed by atoms with E-state index in [9.17, 15) is 14.4 Å². The second-order valence-electron chi connectivity index (χ2n) is 7.19. The van der Waals surface area contributed by atoms with Gasteiger partial charge in [-0.2, -0.15) is 0 Å². The van der Waals surface area contributed by atoms with Gasteiger partial charge in [-0.3, -0.25) is 15.0 Å². The van der Waals surface area contributed by atoms with Gasteiger partial charge in [0.25, 0.3) is 0 Å². The monoisotopic (exact) mass is 370 g/mol. The van der Waals surface area contributed by atoms with Crippen molar-refractivity contribution in [2.24, 2.45) is 23.3 Å². The highest BCUT2D eigenvalue weighted by atomic mass is 16.2. The lowest BCUT2D eigenvalue weighted by molar-refractivity contribution is -0.131. The quantitative estimate of drug-likeness (QED) is 0.117. The molecule has 0 aliphatic carbocycles. The Hall–Kier alpha value is -2.16. The second kappa shape index (κ2) is 12.2. The Balaban J connectivity index is 4.76. The van der Waals surface area contributed by atoms with Gasteiger partial charge in [0.05, 0.1) is 12.1 Å². The van der Waals surface area contributed by atoms with Gasteiger partial charge in [0, 0.05) is 6.54 Å². The Bertz CT molecular complexity index is 481. The van der Waals surface area contributed by atoms with E-state index >= 15 is 0 Å². The number of carbonyl (C=O) groups is 3. The summed E-state index contributed by atoms with van der Waals surface area (Å²) in [5, 5.41) is 15.1. The molecule has 0 heterocycles. The summed E-state index contributed by atoms with van der Waals surface area (Å²) < 4.78 is 0. The van der Waals surface area contributed by atoms with Gasteiger partial charge in [-0.1, -0.05) is 27.7 Å². The number of amides is 2. The number of hydrogen-bond acceptors (Lipinski definition) is 5. The highest BCUT2D eigenvalue weighted by Crippen LogP contribution is 2.07. The van der Waals surface area contributed by atoms with Crippen molar-refractivity contribution in [2.45, 2.75) is 65.1 Å². The summed E-state index contributed by atoms with van der Waals surface area (Å²) >= 11 is 0. The first-order chi connectivity index (χ1) is 12.1. The molecule has 0 fully saturated rings. The van der Waals surface area contributed by atoms with E-state index in [-0.39, 0.29) is 23.7 Å². The molecule has 0 saturated carbocycles. The van der Waals surface area contributed by atoms with Gasteiger partial charge in [-0.15, -0.1) is 0 Å². The molecule has 0 aromatic carbocycles. The molecule has 0 radical (unpaired) electrons. The summed E-state index contributed by atoms with van der Waals surface area (Å²) in [6.45, 7) is 7.99. The zero-order valence-electron chi connectivity index (χ0n) is 16.2. The fourth-order valence-corrected chi connectivity index (χ4v) is 2.28. The summed E-state index contributed by atoms with van der Waals surface area (Å²) in [6.07, 6.45) is 2.08. The van der Waals surface area contributed by atoms with Crippen LogP contribution in [0.25, 0.3) is 0 Å². The van der Waals surface area contributed by atoms with E-state index in [0.717, 1.165) is 0 Å². The van der Waals surface area contributed by atoms with Crippen LogP contribution in [-0.2, 0) is 14.4 Å². The average Bonchev–Trinajstić information content (AvgIpc) is 2.55. The molecule has 9 heteroatoms. The van der Waals surface area contributed by atoms with Crippen LogP contribution < -0.4 is 27.4 Å². The van der Waals surface area contributed by atoms with Crippen molar-refractivity contribution in [2.75, 3.05) is 6.54 Å². The first kappa shape index (κ1) is 23.8. The third-order valence-corrected chi connectivity index (χ3v) is 3.86. The molecular formula is C17H34N6O3. The molecule has 150 valence electrons. The molecule has 0 aromatic heterocycles. The van der Waals surface area contributed by atoms with Crippen molar-refractivity contribution < 1.29 is 14.4 Å². The smallest absolute Gasteiger partial charge is 0.243 e. The topological polar surface area (TPSA) is 163 Å². The van der Waals surface area contributed by atoms with Gasteiger partial charge in [0.15, 0.2) is 5.96 Å². The van der Waals surface area contributed by atoms with E-state index in [2.05, 4.69) is 16.0 Å². The molecule has 3 atom stereocenters. The third kappa shape index (κ3) is 9.97. The minimum Gasteiger partial charge on any atom is -0.370 e. The summed E-state index contributed by atoms with van der Waals surface area (Å²) in [4.78, 5) is 35.9. The molecule has 0 aliphatic rings. The molecule has 0 bridgehead atoms. The van der Waals surface area contributed by atoms with E-state index < -0.39 is 24.0 Å². The largest absolute Gasteiger partial charge is 0.370 e. The molecule has 0 unspecified atom stereocenters. The SMILES string of the molecule is CC(C)C[C@H](NC(=O)[C@@H](N)C(C)C)C(=O)N[C@H](C=O)CCCNC(=N)N. The Morgan fingerprint density at radius 3 is 2.19 bits per heavy atom. The number of guanidine groups is 1. The zero-order chi connectivity index (χ0) is 20.3. The highest BCUT2D eigenvalue weighted by molar-refractivity contribution is 5.90. The van der Waals surface area contributed by atoms with Gasteiger partial charge in [-0.25, -0.2) is 0 Å². The Morgan fingerprint density at radius 2 is 1.73 bits per heavy atom. The molecule has 9 nitrogen and oxygen atoms in total. The van der Waals surface area contributed by atoms with E-state index in [0.29, 0.717) is 32.1 Å². The van der Waals surface area contributed by atoms with Crippen molar-refractivity contribution in [3.8, 4) is 0 Å². The Kier molecular flexibility index (Phi) is 11.2. The van der Waals surface area contributed by atoms with E-state index in [1.165, 1.54) is 0 Å². The number of hydrogen-bond donors (Lipinski definition) is 6. The van der Waals surface area contributed by atoms with Crippen molar-refractivity contribution in [3.05, 3.63) is 0 Å². The predicted molar refractivity (Wildman–Crippen MR) is 101 cm³/mol. The first-order valence-electron chi connectivity index (χ1n) is 8.98. The fourth-order valence-electron chi connectivity index (χ4n) is 2.28. The van der Waals surface area contributed by atoms with E-state index in [4.69, 9.17) is 16.9 Å². The van der Waals surface area contributed by atoms with Crippen LogP contribution in [0.4, 0.5) is 0 Å². The van der Waals surface area contributed by atoms with Crippen LogP contribution in [0.3, 0.4) is 0 Å². The van der Waals surface area contributed by atoms with E-state index in [1.54, 1.807) is 0 Å². The average molecular weight is 370 g/mol. The maximum absolute atomic E-state index is 12.5. The summed E-state index contributed by atoms with van der Waals surface area (Å²) in [7, 11) is 0. The van der Waals surface area contributed by atoms with Crippen LogP contribution >= 0.6 is 0 Å². The second-order valence-corrected chi connectivity index (χ2v) is 7.19. The summed E-state index contributed by atoms with van der Waals surface area (Å²) in [5.41, 5.74) is 11.0. The standard InChI is InChI=1S/C17H34N6O3/c1-10(2)8-13(23-16(26)14(18)11(3)4)15(25)22-12(9-24)6-5-7-21-17(19)20/h9-14H,5-8,18H2,1-4H3,(H,22,25)(H,23,26)(H4,19,20,21)/t12-,13-,14-/m0/s1. The van der Waals surface area contributed by atoms with Crippen LogP contribution in [0.5, 0.6) is 0 Å². The number of rotatable bonds is 12. The van der Waals surface area contributed by atoms with Gasteiger partial charge in [0.2, 0.25) is 11.8 Å². The first-order valence-corrected chi connectivity index (χ1v) is 8.98. The molecule has 0 aliphatic heterocycles. The number of nitrogens with two attached hydrogens (primary N) is 2. The predicted octanol–water partition coefficient (Wildman–Crippen LogP) is -0.552. The summed E-state index contributed by atoms with van der Waals surface area (Å²) in [5.74, 6) is -0.795. The van der Waals surface area contributed by atoms with Crippen LogP contribution in [0.2, 0.25) is 0 Å². The van der Waals surface area contributed by atoms with Crippen LogP contribution in [0.1, 0.15) is 47.0 Å². The van der Waals surface area contributed by atoms with Gasteiger partial charge in [-0.05, 0) is 31.1 Å². The van der Waals surface area contributed by atoms with Gasteiger partial charge in [0.1, 0.15) is 12.3 Å². The maximum atomic E-state index is 12.5. The maximum Gasteiger partial charge on any atom is 0.243 e. The fraction of sp³-hybridized carbons (Fsp3) is 0.765. The lowest BCUT2D eigenvalue weighted by Crippen LogP contribution is -2.54. The number of carbonyl (C=O) groups excluding carboxylic acids is 3. The molecular weight excluding hydrogens is 336 g/mol. The number of nitrogens with one attached hydrogen (secondary N) is 4. The normalized spacial score (nSPS) is 14.4. The number of aldehydes is 1. The van der Waals surface area contributed by atoms with Gasteiger partial charge < -0.3 is 32.2 Å². The molecule has 0 rings (SSSR count). The molecule has 8 N–H and O–H groups in total. The highest BCUT2D eigenvalue weighted by Gasteiger charge is 2.27. The van der Waals surface area contributed by atoms with Crippen molar-refractivity contribution in [1.82, 2.24) is 16.0 Å². The van der Waals surface area contributed by atoms with Crippen LogP contribution in [-0.4, -0.2) is 48.7 Å². The zero-order valence-corrected chi connectivity index (χ0v) is 16.2. The minimum atomic E-state index is -0.745. The summed E-state index contributed by atoms with van der Waals surface area (Å²) in [6, 6.07) is -2.11. The van der Waals surface area contributed by atoms with Crippen molar-refractivity contribution in [3.63, 3.8) is 0 Å². The van der Waals surface area contributed by atoms with Crippen molar-refractivity contribution in [1.29, 1.82) is 5.41 Å². The molecule has 0 saturated heterocycles. The Labute approximate surface area is 155 Å². The Morgan fingerprint density at radius 1 is 1.12 bits per heavy atom. The minimum absolute atomic E-state index is 0.0470. The van der Waals surface area contributed by atoms with Crippen LogP contribution in [0, 0.1) is 17.2 Å². The van der Waals surface area contributed by atoms with E-state index in [1.807, 2.05) is 27.7 Å². The van der Waals surface area contributed by atoms with Crippen molar-refractivity contribution >= 4 is 24.1 Å². The lowest BCUT2D eigenvalue weighted by Gasteiger charge is -2.24. The molecule has 0 aromatic rings. The molecule has 2 amide bonds. The van der Waals surface area contributed by atoms with Gasteiger partial charge >= 0.3 is 0 Å². The molecule has 0 spiro atoms. The lowest BCUT2D eigenvalue weighted by atomic mass is 10.00. The third-order valence-electron chi connectivity index (χ3n) is 3.86.